The number of nitrogens with zero attached hydrogens (tertiary/aromatic N) is 5. The van der Waals surface area contributed by atoms with E-state index >= 15 is 0 Å². The van der Waals surface area contributed by atoms with Crippen molar-refractivity contribution in [1.82, 2.24) is 29.9 Å². The molecule has 0 saturated heterocycles. The molecular formula is C25H21F3N6O2. The van der Waals surface area contributed by atoms with Gasteiger partial charge in [-0.2, -0.15) is 23.1 Å². The standard InChI is InChI=1S/C25H21F3N6O2/c1-24(14-35,20-5-3-4-12-29-20)30-23(36)15-6-11-19-18(13-15)21-22(32-33(2)31-21)34(19)17-9-7-16(8-10-17)25(26,27)28/h3-13,35H,14H2,1-2H3,(H,30,36)/t24-/m1/s1. The van der Waals surface area contributed by atoms with Crippen molar-refractivity contribution in [3.63, 3.8) is 0 Å². The van der Waals surface area contributed by atoms with Gasteiger partial charge in [0, 0.05) is 29.9 Å². The SMILES string of the molecule is Cn1nc2c3cc(C(=O)N[C@](C)(CO)c4ccccn4)ccc3n(-c3ccc(C(F)(F)F)cc3)c2n1. The number of rotatable bonds is 5. The summed E-state index contributed by atoms with van der Waals surface area (Å²) in [6.45, 7) is 1.31. The smallest absolute Gasteiger partial charge is 0.394 e. The number of pyridine rings is 1. The molecular weight excluding hydrogens is 473 g/mol. The highest BCUT2D eigenvalue weighted by atomic mass is 19.4. The fourth-order valence-corrected chi connectivity index (χ4v) is 4.15. The molecule has 0 aliphatic rings. The number of halogens is 3. The van der Waals surface area contributed by atoms with Gasteiger partial charge < -0.3 is 10.4 Å². The van der Waals surface area contributed by atoms with Crippen LogP contribution >= 0.6 is 0 Å². The van der Waals surface area contributed by atoms with Crippen LogP contribution < -0.4 is 5.32 Å². The van der Waals surface area contributed by atoms with Crippen LogP contribution in [-0.4, -0.2) is 42.2 Å². The first-order valence-electron chi connectivity index (χ1n) is 11.0. The molecule has 0 saturated carbocycles. The molecule has 3 heterocycles. The molecule has 184 valence electrons. The van der Waals surface area contributed by atoms with Crippen molar-refractivity contribution >= 4 is 28.0 Å². The van der Waals surface area contributed by atoms with Gasteiger partial charge >= 0.3 is 6.18 Å². The lowest BCUT2D eigenvalue weighted by Crippen LogP contribution is -2.46. The summed E-state index contributed by atoms with van der Waals surface area (Å²) in [5.41, 5.74) is 1.01. The average Bonchev–Trinajstić information content (AvgIpc) is 3.38. The zero-order valence-corrected chi connectivity index (χ0v) is 19.3. The molecule has 0 unspecified atom stereocenters. The summed E-state index contributed by atoms with van der Waals surface area (Å²) in [7, 11) is 1.64. The molecule has 0 spiro atoms. The Bertz CT molecular complexity index is 1580. The number of aromatic nitrogens is 5. The van der Waals surface area contributed by atoms with Crippen molar-refractivity contribution in [2.45, 2.75) is 18.6 Å². The predicted molar refractivity (Wildman–Crippen MR) is 126 cm³/mol. The van der Waals surface area contributed by atoms with E-state index in [0.29, 0.717) is 39.0 Å². The number of aliphatic hydroxyl groups excluding tert-OH is 1. The molecule has 0 fully saturated rings. The van der Waals surface area contributed by atoms with Crippen molar-refractivity contribution in [2.75, 3.05) is 6.61 Å². The Morgan fingerprint density at radius 1 is 1.06 bits per heavy atom. The minimum absolute atomic E-state index is 0.315. The molecule has 0 radical (unpaired) electrons. The third kappa shape index (κ3) is 3.97. The molecule has 0 aliphatic carbocycles. The number of aliphatic hydroxyl groups is 1. The van der Waals surface area contributed by atoms with E-state index in [0.717, 1.165) is 12.1 Å². The van der Waals surface area contributed by atoms with Crippen LogP contribution in [0.2, 0.25) is 0 Å². The molecule has 11 heteroatoms. The lowest BCUT2D eigenvalue weighted by atomic mass is 9.97. The minimum atomic E-state index is -4.44. The van der Waals surface area contributed by atoms with Gasteiger partial charge in [0.05, 0.1) is 23.4 Å². The highest BCUT2D eigenvalue weighted by Crippen LogP contribution is 2.33. The predicted octanol–water partition coefficient (Wildman–Crippen LogP) is 3.96. The molecule has 1 amide bonds. The fourth-order valence-electron chi connectivity index (χ4n) is 4.15. The van der Waals surface area contributed by atoms with Crippen LogP contribution in [0.25, 0.3) is 27.8 Å². The summed E-state index contributed by atoms with van der Waals surface area (Å²) in [4.78, 5) is 18.8. The van der Waals surface area contributed by atoms with Gasteiger partial charge in [0.15, 0.2) is 5.65 Å². The second-order valence-corrected chi connectivity index (χ2v) is 8.63. The second-order valence-electron chi connectivity index (χ2n) is 8.63. The maximum atomic E-state index is 13.2. The molecule has 8 nitrogen and oxygen atoms in total. The zero-order valence-electron chi connectivity index (χ0n) is 19.3. The number of hydrogen-bond donors (Lipinski definition) is 2. The number of amides is 1. The molecule has 36 heavy (non-hydrogen) atoms. The highest BCUT2D eigenvalue weighted by molar-refractivity contribution is 6.09. The number of hydrogen-bond acceptors (Lipinski definition) is 5. The number of carbonyl (C=O) groups excluding carboxylic acids is 1. The highest BCUT2D eigenvalue weighted by Gasteiger charge is 2.31. The molecule has 0 bridgehead atoms. The number of benzene rings is 2. The van der Waals surface area contributed by atoms with Crippen LogP contribution in [0.4, 0.5) is 13.2 Å². The quantitative estimate of drug-likeness (QED) is 0.386. The van der Waals surface area contributed by atoms with Gasteiger partial charge in [0.2, 0.25) is 0 Å². The summed E-state index contributed by atoms with van der Waals surface area (Å²) in [5, 5.41) is 22.2. The molecule has 1 atom stereocenters. The Balaban J connectivity index is 1.58. The monoisotopic (exact) mass is 494 g/mol. The lowest BCUT2D eigenvalue weighted by molar-refractivity contribution is -0.137. The Hall–Kier alpha value is -4.25. The van der Waals surface area contributed by atoms with Gasteiger partial charge in [-0.3, -0.25) is 14.3 Å². The molecule has 5 rings (SSSR count). The number of carbonyl (C=O) groups is 1. The third-order valence-corrected chi connectivity index (χ3v) is 6.05. The van der Waals surface area contributed by atoms with Gasteiger partial charge in [0.25, 0.3) is 5.91 Å². The summed E-state index contributed by atoms with van der Waals surface area (Å²) in [6, 6.07) is 14.9. The van der Waals surface area contributed by atoms with Crippen molar-refractivity contribution in [2.24, 2.45) is 7.05 Å². The minimum Gasteiger partial charge on any atom is -0.394 e. The van der Waals surface area contributed by atoms with Crippen LogP contribution in [-0.2, 0) is 18.8 Å². The van der Waals surface area contributed by atoms with E-state index in [1.165, 1.54) is 16.9 Å². The van der Waals surface area contributed by atoms with E-state index in [1.807, 2.05) is 0 Å². The number of alkyl halides is 3. The number of nitrogens with one attached hydrogen (secondary N) is 1. The van der Waals surface area contributed by atoms with Gasteiger partial charge in [0.1, 0.15) is 11.1 Å². The zero-order chi connectivity index (χ0) is 25.7. The molecule has 0 aliphatic heterocycles. The Morgan fingerprint density at radius 3 is 2.44 bits per heavy atom. The van der Waals surface area contributed by atoms with Gasteiger partial charge in [-0.05, 0) is 61.5 Å². The summed E-state index contributed by atoms with van der Waals surface area (Å²) < 4.78 is 40.9. The number of fused-ring (bicyclic) bond motifs is 3. The first-order chi connectivity index (χ1) is 17.1. The van der Waals surface area contributed by atoms with E-state index in [4.69, 9.17) is 0 Å². The van der Waals surface area contributed by atoms with E-state index in [-0.39, 0.29) is 6.61 Å². The van der Waals surface area contributed by atoms with Crippen LogP contribution in [0.5, 0.6) is 0 Å². The molecule has 2 N–H and O–H groups in total. The first kappa shape index (κ1) is 23.5. The Morgan fingerprint density at radius 2 is 1.81 bits per heavy atom. The third-order valence-electron chi connectivity index (χ3n) is 6.05. The van der Waals surface area contributed by atoms with Crippen LogP contribution in [0.15, 0.2) is 66.9 Å². The van der Waals surface area contributed by atoms with Crippen LogP contribution in [0.3, 0.4) is 0 Å². The van der Waals surface area contributed by atoms with Crippen LogP contribution in [0, 0.1) is 0 Å². The second kappa shape index (κ2) is 8.45. The maximum absolute atomic E-state index is 13.2. The van der Waals surface area contributed by atoms with E-state index < -0.39 is 23.2 Å². The van der Waals surface area contributed by atoms with Crippen molar-refractivity contribution in [3.8, 4) is 5.69 Å². The van der Waals surface area contributed by atoms with Crippen molar-refractivity contribution in [3.05, 3.63) is 83.7 Å². The van der Waals surface area contributed by atoms with Gasteiger partial charge in [-0.1, -0.05) is 6.07 Å². The van der Waals surface area contributed by atoms with E-state index in [9.17, 15) is 23.1 Å². The Kier molecular flexibility index (Phi) is 5.51. The van der Waals surface area contributed by atoms with E-state index in [2.05, 4.69) is 20.5 Å². The lowest BCUT2D eigenvalue weighted by Gasteiger charge is -2.28. The van der Waals surface area contributed by atoms with Gasteiger partial charge in [-0.25, -0.2) is 0 Å². The van der Waals surface area contributed by atoms with Crippen LogP contribution in [0.1, 0.15) is 28.5 Å². The van der Waals surface area contributed by atoms with Crippen molar-refractivity contribution in [1.29, 1.82) is 0 Å². The van der Waals surface area contributed by atoms with Crippen molar-refractivity contribution < 1.29 is 23.1 Å². The average molecular weight is 494 g/mol. The largest absolute Gasteiger partial charge is 0.416 e. The Labute approximate surface area is 203 Å². The van der Waals surface area contributed by atoms with E-state index in [1.54, 1.807) is 61.1 Å². The fraction of sp³-hybridized carbons (Fsp3) is 0.200. The summed E-state index contributed by atoms with van der Waals surface area (Å²) >= 11 is 0. The summed E-state index contributed by atoms with van der Waals surface area (Å²) in [6.07, 6.45) is -2.87. The normalized spacial score (nSPS) is 13.7. The molecule has 5 aromatic rings. The maximum Gasteiger partial charge on any atom is 0.416 e. The van der Waals surface area contributed by atoms with Gasteiger partial charge in [-0.15, -0.1) is 5.10 Å². The summed E-state index contributed by atoms with van der Waals surface area (Å²) in [5.74, 6) is -0.432. The molecule has 3 aromatic heterocycles. The first-order valence-corrected chi connectivity index (χ1v) is 11.0. The number of aryl methyl sites for hydroxylation is 1. The topological polar surface area (TPSA) is 97.9 Å². The molecule has 2 aromatic carbocycles.